The molecule has 1 amide bonds. The highest BCUT2D eigenvalue weighted by Gasteiger charge is 2.19. The van der Waals surface area contributed by atoms with E-state index < -0.39 is 0 Å². The molecule has 34 heavy (non-hydrogen) atoms. The van der Waals surface area contributed by atoms with Crippen molar-refractivity contribution in [3.05, 3.63) is 77.3 Å². The van der Waals surface area contributed by atoms with Crippen molar-refractivity contribution in [1.29, 1.82) is 0 Å². The number of dihydropyridines is 1. The molecule has 1 aliphatic rings. The zero-order valence-corrected chi connectivity index (χ0v) is 20.9. The lowest BCUT2D eigenvalue weighted by atomic mass is 10.1. The summed E-state index contributed by atoms with van der Waals surface area (Å²) in [4.78, 5) is 16.1. The number of thioether (sulfide) groups is 1. The van der Waals surface area contributed by atoms with Crippen LogP contribution in [0.15, 0.2) is 71.1 Å². The molecule has 0 spiro atoms. The van der Waals surface area contributed by atoms with E-state index in [1.165, 1.54) is 4.90 Å². The molecule has 1 aliphatic heterocycles. The number of nitrogens with one attached hydrogen (secondary N) is 2. The number of amides is 1. The van der Waals surface area contributed by atoms with E-state index in [0.717, 1.165) is 35.7 Å². The van der Waals surface area contributed by atoms with Gasteiger partial charge < -0.3 is 36.0 Å². The number of nitrogens with zero attached hydrogens (tertiary/aromatic N) is 1. The third kappa shape index (κ3) is 7.18. The Kier molecular flexibility index (Phi) is 12.1. The molecule has 9 heteroatoms. The standard InChI is InChI=1S/C25H31N3O3S.2H2O.H2/c1-5-12-28(20-14-21(30-2)17-26-16-20)23-11-8-19(13-24(23)31-3)25(29)27-15-18-6-9-22(32-4)10-7-18;;;/h6-11,13-14,16,26H,5,12,15,17H2,1-4H3,(H,27,29);2*1H2;1H. The quantitative estimate of drug-likeness (QED) is 0.492. The zero-order valence-electron chi connectivity index (χ0n) is 20.1. The molecule has 2 aromatic carbocycles. The molecule has 1 heterocycles. The van der Waals surface area contributed by atoms with Crippen molar-refractivity contribution in [1.82, 2.24) is 10.6 Å². The predicted octanol–water partition coefficient (Wildman–Crippen LogP) is 3.14. The number of ether oxygens (including phenoxy) is 2. The molecule has 0 bridgehead atoms. The van der Waals surface area contributed by atoms with Crippen molar-refractivity contribution in [3.63, 3.8) is 0 Å². The predicted molar refractivity (Wildman–Crippen MR) is 141 cm³/mol. The van der Waals surface area contributed by atoms with Crippen LogP contribution in [0.4, 0.5) is 5.69 Å². The highest BCUT2D eigenvalue weighted by Crippen LogP contribution is 2.33. The minimum absolute atomic E-state index is 0. The van der Waals surface area contributed by atoms with Crippen LogP contribution in [-0.4, -0.2) is 50.4 Å². The van der Waals surface area contributed by atoms with Gasteiger partial charge in [0.2, 0.25) is 0 Å². The molecule has 0 atom stereocenters. The number of hydrogen-bond donors (Lipinski definition) is 2. The Morgan fingerprint density at radius 3 is 2.50 bits per heavy atom. The van der Waals surface area contributed by atoms with Crippen LogP contribution in [0.1, 0.15) is 30.7 Å². The van der Waals surface area contributed by atoms with Crippen molar-refractivity contribution in [2.24, 2.45) is 0 Å². The van der Waals surface area contributed by atoms with Gasteiger partial charge in [0, 0.05) is 37.3 Å². The fourth-order valence-corrected chi connectivity index (χ4v) is 3.89. The summed E-state index contributed by atoms with van der Waals surface area (Å²) in [5.74, 6) is 1.38. The van der Waals surface area contributed by atoms with E-state index in [-0.39, 0.29) is 18.3 Å². The van der Waals surface area contributed by atoms with Crippen molar-refractivity contribution in [2.45, 2.75) is 24.8 Å². The molecule has 0 saturated carbocycles. The average Bonchev–Trinajstić information content (AvgIpc) is 2.85. The Morgan fingerprint density at radius 2 is 1.88 bits per heavy atom. The summed E-state index contributed by atoms with van der Waals surface area (Å²) < 4.78 is 11.1. The Labute approximate surface area is 207 Å². The molecule has 0 aliphatic carbocycles. The molecule has 188 valence electrons. The van der Waals surface area contributed by atoms with Crippen molar-refractivity contribution in [3.8, 4) is 5.75 Å². The number of carbonyl (C=O) groups excluding carboxylic acids is 1. The largest absolute Gasteiger partial charge is 0.499 e. The second-order valence-electron chi connectivity index (χ2n) is 7.33. The summed E-state index contributed by atoms with van der Waals surface area (Å²) in [7, 11) is 3.30. The maximum Gasteiger partial charge on any atom is 0.251 e. The highest BCUT2D eigenvalue weighted by atomic mass is 32.2. The Bertz CT molecular complexity index is 999. The minimum atomic E-state index is -0.133. The number of methoxy groups -OCH3 is 2. The van der Waals surface area contributed by atoms with E-state index in [0.29, 0.717) is 24.4 Å². The molecule has 0 aromatic heterocycles. The van der Waals surface area contributed by atoms with Crippen molar-refractivity contribution < 1.29 is 26.6 Å². The third-order valence-corrected chi connectivity index (χ3v) is 5.94. The van der Waals surface area contributed by atoms with Gasteiger partial charge in [0.25, 0.3) is 5.91 Å². The number of hydrogen-bond acceptors (Lipinski definition) is 6. The summed E-state index contributed by atoms with van der Waals surface area (Å²) in [6.45, 7) is 4.07. The van der Waals surface area contributed by atoms with Crippen LogP contribution < -0.4 is 20.3 Å². The first-order valence-corrected chi connectivity index (χ1v) is 11.9. The maximum atomic E-state index is 12.8. The number of anilines is 1. The molecule has 0 saturated heterocycles. The van der Waals surface area contributed by atoms with Crippen molar-refractivity contribution in [2.75, 3.05) is 38.5 Å². The molecule has 0 fully saturated rings. The van der Waals surface area contributed by atoms with Crippen LogP contribution in [0.3, 0.4) is 0 Å². The smallest absolute Gasteiger partial charge is 0.251 e. The monoisotopic (exact) mass is 491 g/mol. The molecule has 6 N–H and O–H groups in total. The van der Waals surface area contributed by atoms with Gasteiger partial charge in [0.1, 0.15) is 11.5 Å². The summed E-state index contributed by atoms with van der Waals surface area (Å²) in [6.07, 6.45) is 6.99. The van der Waals surface area contributed by atoms with Crippen LogP contribution in [0.2, 0.25) is 0 Å². The molecular formula is C25H37N3O5S. The van der Waals surface area contributed by atoms with Gasteiger partial charge in [-0.15, -0.1) is 11.8 Å². The van der Waals surface area contributed by atoms with Gasteiger partial charge in [-0.1, -0.05) is 19.1 Å². The van der Waals surface area contributed by atoms with Gasteiger partial charge in [0.15, 0.2) is 0 Å². The molecular weight excluding hydrogens is 454 g/mol. The van der Waals surface area contributed by atoms with Crippen LogP contribution >= 0.6 is 11.8 Å². The van der Waals surface area contributed by atoms with E-state index >= 15 is 0 Å². The van der Waals surface area contributed by atoms with E-state index in [1.807, 2.05) is 42.8 Å². The normalized spacial score (nSPS) is 12.1. The Morgan fingerprint density at radius 1 is 1.15 bits per heavy atom. The summed E-state index contributed by atoms with van der Waals surface area (Å²) in [5.41, 5.74) is 3.51. The summed E-state index contributed by atoms with van der Waals surface area (Å²) in [6, 6.07) is 13.8. The van der Waals surface area contributed by atoms with Crippen LogP contribution in [-0.2, 0) is 11.3 Å². The first-order chi connectivity index (χ1) is 15.6. The molecule has 3 rings (SSSR count). The number of allylic oxidation sites excluding steroid dienone is 1. The van der Waals surface area contributed by atoms with E-state index in [2.05, 4.69) is 34.6 Å². The van der Waals surface area contributed by atoms with Crippen LogP contribution in [0.25, 0.3) is 0 Å². The minimum Gasteiger partial charge on any atom is -0.499 e. The highest BCUT2D eigenvalue weighted by molar-refractivity contribution is 7.98. The SMILES string of the molecule is CCCN(C1=CNCC(OC)=C1)c1ccc(C(=O)NCc2ccc(SC)cc2)cc1OC.O.O.[HH]. The van der Waals surface area contributed by atoms with E-state index in [9.17, 15) is 4.79 Å². The lowest BCUT2D eigenvalue weighted by Crippen LogP contribution is -2.28. The summed E-state index contributed by atoms with van der Waals surface area (Å²) >= 11 is 1.70. The molecule has 0 radical (unpaired) electrons. The van der Waals surface area contributed by atoms with Gasteiger partial charge in [-0.3, -0.25) is 4.79 Å². The van der Waals surface area contributed by atoms with E-state index in [1.54, 1.807) is 32.0 Å². The number of rotatable bonds is 10. The lowest BCUT2D eigenvalue weighted by Gasteiger charge is -2.29. The third-order valence-electron chi connectivity index (χ3n) is 5.20. The van der Waals surface area contributed by atoms with Gasteiger partial charge in [-0.05, 0) is 48.6 Å². The second-order valence-corrected chi connectivity index (χ2v) is 8.21. The van der Waals surface area contributed by atoms with Crippen LogP contribution in [0, 0.1) is 0 Å². The first kappa shape index (κ1) is 28.9. The Hall–Kier alpha value is -3.14. The van der Waals surface area contributed by atoms with Gasteiger partial charge in [0.05, 0.1) is 32.1 Å². The van der Waals surface area contributed by atoms with Crippen molar-refractivity contribution >= 4 is 23.4 Å². The van der Waals surface area contributed by atoms with Gasteiger partial charge in [-0.25, -0.2) is 0 Å². The zero-order chi connectivity index (χ0) is 22.9. The van der Waals surface area contributed by atoms with Gasteiger partial charge in [-0.2, -0.15) is 0 Å². The van der Waals surface area contributed by atoms with Crippen LogP contribution in [0.5, 0.6) is 5.75 Å². The molecule has 0 unspecified atom stereocenters. The fraction of sp³-hybridized carbons (Fsp3) is 0.320. The first-order valence-electron chi connectivity index (χ1n) is 10.6. The van der Waals surface area contributed by atoms with E-state index in [4.69, 9.17) is 9.47 Å². The second kappa shape index (κ2) is 14.2. The number of carbonyl (C=O) groups is 1. The number of benzene rings is 2. The maximum absolute atomic E-state index is 12.8. The van der Waals surface area contributed by atoms with Gasteiger partial charge >= 0.3 is 0 Å². The Balaban J connectivity index is 0.00000385. The fourth-order valence-electron chi connectivity index (χ4n) is 3.48. The molecule has 2 aromatic rings. The average molecular weight is 492 g/mol. The summed E-state index contributed by atoms with van der Waals surface area (Å²) in [5, 5.41) is 6.24. The topological polar surface area (TPSA) is 126 Å². The lowest BCUT2D eigenvalue weighted by molar-refractivity contribution is 0.0950. The molecule has 8 nitrogen and oxygen atoms in total.